The van der Waals surface area contributed by atoms with Gasteiger partial charge < -0.3 is 16.7 Å². The van der Waals surface area contributed by atoms with E-state index in [4.69, 9.17) is 11.5 Å². The van der Waals surface area contributed by atoms with Crippen molar-refractivity contribution >= 4 is 11.7 Å². The second-order valence-corrected chi connectivity index (χ2v) is 1.85. The Labute approximate surface area is 62.0 Å². The van der Waals surface area contributed by atoms with Gasteiger partial charge in [-0.05, 0) is 0 Å². The van der Waals surface area contributed by atoms with Gasteiger partial charge in [0.1, 0.15) is 0 Å². The van der Waals surface area contributed by atoms with E-state index in [9.17, 15) is 10.0 Å². The van der Waals surface area contributed by atoms with Gasteiger partial charge in [0, 0.05) is 0 Å². The van der Waals surface area contributed by atoms with Crippen molar-refractivity contribution in [2.24, 2.45) is 5.73 Å². The van der Waals surface area contributed by atoms with Crippen molar-refractivity contribution in [1.82, 2.24) is 4.98 Å². The van der Waals surface area contributed by atoms with Gasteiger partial charge in [-0.1, -0.05) is 0 Å². The standard InChI is InChI=1S/C5H6N4O2/c6-4-3(5(7)10)9(11)2-1-8-4/h1-2H,(H2,6,8)(H2,7,10). The van der Waals surface area contributed by atoms with Gasteiger partial charge in [0.25, 0.3) is 0 Å². The molecule has 0 radical (unpaired) electrons. The number of nitrogens with zero attached hydrogens (tertiary/aromatic N) is 2. The Balaban J connectivity index is 3.32. The van der Waals surface area contributed by atoms with Gasteiger partial charge >= 0.3 is 11.6 Å². The summed E-state index contributed by atoms with van der Waals surface area (Å²) >= 11 is 0. The van der Waals surface area contributed by atoms with Gasteiger partial charge in [-0.15, -0.1) is 0 Å². The molecule has 1 aromatic rings. The Bertz CT molecular complexity index is 278. The lowest BCUT2D eigenvalue weighted by Crippen LogP contribution is -2.38. The summed E-state index contributed by atoms with van der Waals surface area (Å²) in [5, 5.41) is 10.8. The molecule has 0 saturated heterocycles. The first-order valence-electron chi connectivity index (χ1n) is 2.76. The zero-order chi connectivity index (χ0) is 8.43. The maximum Gasteiger partial charge on any atom is 0.324 e. The minimum Gasteiger partial charge on any atom is -0.618 e. The minimum atomic E-state index is -0.884. The molecule has 0 aliphatic rings. The third kappa shape index (κ3) is 1.18. The highest BCUT2D eigenvalue weighted by molar-refractivity contribution is 5.93. The molecule has 6 heteroatoms. The van der Waals surface area contributed by atoms with Gasteiger partial charge in [0.15, 0.2) is 6.20 Å². The van der Waals surface area contributed by atoms with Crippen LogP contribution in [0, 0.1) is 5.21 Å². The van der Waals surface area contributed by atoms with Crippen LogP contribution >= 0.6 is 0 Å². The smallest absolute Gasteiger partial charge is 0.324 e. The fourth-order valence-electron chi connectivity index (χ4n) is 0.658. The molecule has 0 bridgehead atoms. The summed E-state index contributed by atoms with van der Waals surface area (Å²) < 4.78 is 0.282. The van der Waals surface area contributed by atoms with Gasteiger partial charge in [-0.2, -0.15) is 4.73 Å². The summed E-state index contributed by atoms with van der Waals surface area (Å²) in [6.45, 7) is 0. The molecule has 0 spiro atoms. The van der Waals surface area contributed by atoms with Crippen molar-refractivity contribution in [1.29, 1.82) is 0 Å². The third-order valence-corrected chi connectivity index (χ3v) is 1.11. The normalized spacial score (nSPS) is 9.45. The van der Waals surface area contributed by atoms with Crippen LogP contribution in [0.5, 0.6) is 0 Å². The molecule has 1 rings (SSSR count). The molecule has 0 unspecified atom stereocenters. The number of primary amides is 1. The Morgan fingerprint density at radius 1 is 1.73 bits per heavy atom. The molecular weight excluding hydrogens is 148 g/mol. The fourth-order valence-corrected chi connectivity index (χ4v) is 0.658. The van der Waals surface area contributed by atoms with Crippen molar-refractivity contribution in [3.05, 3.63) is 23.3 Å². The Kier molecular flexibility index (Phi) is 1.59. The van der Waals surface area contributed by atoms with E-state index in [0.717, 1.165) is 6.20 Å². The highest BCUT2D eigenvalue weighted by atomic mass is 16.5. The lowest BCUT2D eigenvalue weighted by molar-refractivity contribution is -0.607. The molecule has 6 nitrogen and oxygen atoms in total. The van der Waals surface area contributed by atoms with Crippen molar-refractivity contribution in [3.63, 3.8) is 0 Å². The molecule has 1 heterocycles. The van der Waals surface area contributed by atoms with Gasteiger partial charge in [0.05, 0.1) is 6.20 Å². The number of amides is 1. The lowest BCUT2D eigenvalue weighted by Gasteiger charge is -2.00. The van der Waals surface area contributed by atoms with Crippen LogP contribution in [-0.4, -0.2) is 10.9 Å². The molecule has 1 amide bonds. The topological polar surface area (TPSA) is 109 Å². The van der Waals surface area contributed by atoms with E-state index in [-0.39, 0.29) is 16.2 Å². The van der Waals surface area contributed by atoms with Crippen molar-refractivity contribution in [2.45, 2.75) is 0 Å². The van der Waals surface area contributed by atoms with Crippen LogP contribution in [0.4, 0.5) is 5.82 Å². The molecular formula is C5H6N4O2. The summed E-state index contributed by atoms with van der Waals surface area (Å²) in [5.41, 5.74) is 9.70. The quantitative estimate of drug-likeness (QED) is 0.374. The second kappa shape index (κ2) is 2.41. The molecule has 0 fully saturated rings. The van der Waals surface area contributed by atoms with Crippen LogP contribution in [0.3, 0.4) is 0 Å². The first kappa shape index (κ1) is 7.26. The lowest BCUT2D eigenvalue weighted by atomic mass is 10.4. The maximum absolute atomic E-state index is 10.8. The Hall–Kier alpha value is -1.85. The number of anilines is 1. The first-order valence-corrected chi connectivity index (χ1v) is 2.76. The number of hydrogen-bond acceptors (Lipinski definition) is 4. The van der Waals surface area contributed by atoms with E-state index in [1.165, 1.54) is 6.20 Å². The maximum atomic E-state index is 10.8. The van der Waals surface area contributed by atoms with Crippen molar-refractivity contribution in [2.75, 3.05) is 5.73 Å². The number of carbonyl (C=O) groups excluding carboxylic acids is 1. The molecule has 0 aliphatic heterocycles. The number of hydrogen-bond donors (Lipinski definition) is 2. The molecule has 58 valence electrons. The van der Waals surface area contributed by atoms with Crippen molar-refractivity contribution in [3.8, 4) is 0 Å². The fraction of sp³-hybridized carbons (Fsp3) is 0. The first-order chi connectivity index (χ1) is 5.13. The van der Waals surface area contributed by atoms with Gasteiger partial charge in [-0.3, -0.25) is 4.79 Å². The second-order valence-electron chi connectivity index (χ2n) is 1.85. The van der Waals surface area contributed by atoms with Crippen LogP contribution < -0.4 is 16.2 Å². The molecule has 4 N–H and O–H groups in total. The van der Waals surface area contributed by atoms with Crippen molar-refractivity contribution < 1.29 is 9.52 Å². The number of nitrogen functional groups attached to an aromatic ring is 1. The molecule has 0 saturated carbocycles. The minimum absolute atomic E-state index is 0.157. The van der Waals surface area contributed by atoms with E-state index in [1.807, 2.05) is 0 Å². The van der Waals surface area contributed by atoms with E-state index >= 15 is 0 Å². The van der Waals surface area contributed by atoms with Crippen LogP contribution in [0.15, 0.2) is 12.4 Å². The monoisotopic (exact) mass is 154 g/mol. The van der Waals surface area contributed by atoms with Crippen LogP contribution in [-0.2, 0) is 0 Å². The Morgan fingerprint density at radius 2 is 2.36 bits per heavy atom. The third-order valence-electron chi connectivity index (χ3n) is 1.11. The molecule has 0 aliphatic carbocycles. The van der Waals surface area contributed by atoms with E-state index in [1.54, 1.807) is 0 Å². The molecule has 0 aromatic carbocycles. The zero-order valence-electron chi connectivity index (χ0n) is 5.52. The number of nitrogens with two attached hydrogens (primary N) is 2. The summed E-state index contributed by atoms with van der Waals surface area (Å²) in [4.78, 5) is 14.0. The highest BCUT2D eigenvalue weighted by Crippen LogP contribution is 1.97. The highest BCUT2D eigenvalue weighted by Gasteiger charge is 2.16. The largest absolute Gasteiger partial charge is 0.618 e. The zero-order valence-corrected chi connectivity index (χ0v) is 5.52. The van der Waals surface area contributed by atoms with Crippen LogP contribution in [0.1, 0.15) is 10.5 Å². The average molecular weight is 154 g/mol. The molecule has 11 heavy (non-hydrogen) atoms. The summed E-state index contributed by atoms with van der Waals surface area (Å²) in [6.07, 6.45) is 2.24. The average Bonchev–Trinajstić information content (AvgIpc) is 1.85. The van der Waals surface area contributed by atoms with Crippen LogP contribution in [0.2, 0.25) is 0 Å². The predicted octanol–water partition coefficient (Wildman–Crippen LogP) is -1.60. The van der Waals surface area contributed by atoms with E-state index in [0.29, 0.717) is 0 Å². The van der Waals surface area contributed by atoms with E-state index < -0.39 is 5.91 Å². The van der Waals surface area contributed by atoms with Gasteiger partial charge in [-0.25, -0.2) is 4.98 Å². The van der Waals surface area contributed by atoms with Gasteiger partial charge in [0.2, 0.25) is 5.82 Å². The SMILES string of the molecule is NC(=O)c1c(N)ncc[n+]1[O-]. The summed E-state index contributed by atoms with van der Waals surface area (Å²) in [7, 11) is 0. The number of rotatable bonds is 1. The van der Waals surface area contributed by atoms with E-state index in [2.05, 4.69) is 4.98 Å². The Morgan fingerprint density at radius 3 is 2.73 bits per heavy atom. The summed E-state index contributed by atoms with van der Waals surface area (Å²) in [5.74, 6) is -1.04. The number of aromatic nitrogens is 2. The molecule has 1 aromatic heterocycles. The predicted molar refractivity (Wildman–Crippen MR) is 36.1 cm³/mol. The molecule has 0 atom stereocenters. The van der Waals surface area contributed by atoms with Crippen LogP contribution in [0.25, 0.3) is 0 Å². The number of carbonyl (C=O) groups is 1. The summed E-state index contributed by atoms with van der Waals surface area (Å²) in [6, 6.07) is 0.